The molecule has 0 amide bonds. The third-order valence-corrected chi connectivity index (χ3v) is 3.84. The fourth-order valence-corrected chi connectivity index (χ4v) is 2.57. The second-order valence-electron chi connectivity index (χ2n) is 4.65. The number of hydrogen-bond acceptors (Lipinski definition) is 7. The van der Waals surface area contributed by atoms with E-state index in [1.807, 2.05) is 0 Å². The smallest absolute Gasteiger partial charge is 0.336 e. The van der Waals surface area contributed by atoms with E-state index in [4.69, 9.17) is 5.84 Å². The van der Waals surface area contributed by atoms with E-state index < -0.39 is 11.9 Å². The van der Waals surface area contributed by atoms with Crippen molar-refractivity contribution in [1.82, 2.24) is 29.8 Å². The van der Waals surface area contributed by atoms with Gasteiger partial charge < -0.3 is 5.84 Å². The van der Waals surface area contributed by atoms with Gasteiger partial charge in [-0.1, -0.05) is 0 Å². The molecule has 3 rings (SSSR count). The summed E-state index contributed by atoms with van der Waals surface area (Å²) in [5, 5.41) is 7.84. The van der Waals surface area contributed by atoms with Gasteiger partial charge in [0, 0.05) is 24.0 Å². The molecule has 11 heteroatoms. The first-order chi connectivity index (χ1) is 11.3. The van der Waals surface area contributed by atoms with Crippen molar-refractivity contribution in [3.63, 3.8) is 0 Å². The standard InChI is InChI=1S/C13H10F3N7S/c1-7-21-22-12(23(7)17)24-10-6-9(13(14,15)16)19-11(20-10)8-2-4-18-5-3-8/h2-6H,17H2,1H3. The fourth-order valence-electron chi connectivity index (χ4n) is 1.77. The van der Waals surface area contributed by atoms with E-state index in [-0.39, 0.29) is 16.0 Å². The van der Waals surface area contributed by atoms with Gasteiger partial charge in [-0.2, -0.15) is 13.2 Å². The predicted molar refractivity (Wildman–Crippen MR) is 79.3 cm³/mol. The van der Waals surface area contributed by atoms with Crippen LogP contribution in [0.4, 0.5) is 13.2 Å². The lowest BCUT2D eigenvalue weighted by atomic mass is 10.2. The van der Waals surface area contributed by atoms with Crippen LogP contribution in [0.5, 0.6) is 0 Å². The second-order valence-corrected chi connectivity index (χ2v) is 5.64. The minimum absolute atomic E-state index is 0.0586. The molecule has 0 atom stereocenters. The summed E-state index contributed by atoms with van der Waals surface area (Å²) in [6, 6.07) is 3.90. The Hall–Kier alpha value is -2.69. The van der Waals surface area contributed by atoms with Gasteiger partial charge in [0.1, 0.15) is 16.5 Å². The van der Waals surface area contributed by atoms with E-state index in [1.165, 1.54) is 29.2 Å². The molecular formula is C13H10F3N7S. The van der Waals surface area contributed by atoms with E-state index in [0.717, 1.165) is 17.8 Å². The number of rotatable bonds is 3. The van der Waals surface area contributed by atoms with Crippen LogP contribution in [0.3, 0.4) is 0 Å². The molecule has 24 heavy (non-hydrogen) atoms. The third-order valence-electron chi connectivity index (χ3n) is 2.96. The number of nitrogen functional groups attached to an aromatic ring is 1. The Morgan fingerprint density at radius 2 is 1.83 bits per heavy atom. The van der Waals surface area contributed by atoms with Crippen molar-refractivity contribution >= 4 is 11.8 Å². The monoisotopic (exact) mass is 353 g/mol. The number of alkyl halides is 3. The molecule has 124 valence electrons. The number of nitrogens with zero attached hydrogens (tertiary/aromatic N) is 6. The summed E-state index contributed by atoms with van der Waals surface area (Å²) in [7, 11) is 0. The number of nitrogens with two attached hydrogens (primary N) is 1. The topological polar surface area (TPSA) is 95.4 Å². The molecule has 0 fully saturated rings. The number of aryl methyl sites for hydroxylation is 1. The summed E-state index contributed by atoms with van der Waals surface area (Å²) in [4.78, 5) is 11.6. The summed E-state index contributed by atoms with van der Waals surface area (Å²) in [5.41, 5.74) is -0.630. The molecule has 3 aromatic heterocycles. The van der Waals surface area contributed by atoms with Crippen LogP contribution in [-0.4, -0.2) is 29.8 Å². The average molecular weight is 353 g/mol. The van der Waals surface area contributed by atoms with E-state index in [2.05, 4.69) is 25.1 Å². The molecule has 2 N–H and O–H groups in total. The highest BCUT2D eigenvalue weighted by atomic mass is 32.2. The van der Waals surface area contributed by atoms with Crippen molar-refractivity contribution < 1.29 is 13.2 Å². The molecule has 0 saturated carbocycles. The highest BCUT2D eigenvalue weighted by Crippen LogP contribution is 2.33. The largest absolute Gasteiger partial charge is 0.433 e. The minimum atomic E-state index is -4.60. The molecule has 0 unspecified atom stereocenters. The van der Waals surface area contributed by atoms with Gasteiger partial charge in [0.05, 0.1) is 0 Å². The molecule has 7 nitrogen and oxygen atoms in total. The number of pyridine rings is 1. The zero-order valence-electron chi connectivity index (χ0n) is 12.2. The lowest BCUT2D eigenvalue weighted by Gasteiger charge is -2.10. The van der Waals surface area contributed by atoms with Crippen LogP contribution in [0.1, 0.15) is 11.5 Å². The lowest BCUT2D eigenvalue weighted by Crippen LogP contribution is -2.12. The Morgan fingerprint density at radius 1 is 1.12 bits per heavy atom. The molecule has 3 heterocycles. The number of halogens is 3. The zero-order chi connectivity index (χ0) is 17.3. The Balaban J connectivity index is 2.07. The van der Waals surface area contributed by atoms with E-state index in [0.29, 0.717) is 11.4 Å². The van der Waals surface area contributed by atoms with Crippen molar-refractivity contribution in [2.24, 2.45) is 0 Å². The molecule has 0 aliphatic rings. The molecule has 0 bridgehead atoms. The number of hydrogen-bond donors (Lipinski definition) is 1. The zero-order valence-corrected chi connectivity index (χ0v) is 13.0. The van der Waals surface area contributed by atoms with Crippen LogP contribution in [0.15, 0.2) is 40.8 Å². The van der Waals surface area contributed by atoms with Gasteiger partial charge >= 0.3 is 6.18 Å². The Morgan fingerprint density at radius 3 is 2.42 bits per heavy atom. The Bertz CT molecular complexity index is 864. The summed E-state index contributed by atoms with van der Waals surface area (Å²) >= 11 is 0.872. The van der Waals surface area contributed by atoms with Crippen molar-refractivity contribution in [3.05, 3.63) is 42.1 Å². The maximum atomic E-state index is 13.1. The summed E-state index contributed by atoms with van der Waals surface area (Å²) < 4.78 is 40.5. The summed E-state index contributed by atoms with van der Waals surface area (Å²) in [6.45, 7) is 1.63. The van der Waals surface area contributed by atoms with Crippen LogP contribution in [0.25, 0.3) is 11.4 Å². The first-order valence-corrected chi connectivity index (χ1v) is 7.38. The average Bonchev–Trinajstić information content (AvgIpc) is 2.87. The van der Waals surface area contributed by atoms with Crippen molar-refractivity contribution in [1.29, 1.82) is 0 Å². The highest BCUT2D eigenvalue weighted by molar-refractivity contribution is 7.99. The number of aromatic nitrogens is 6. The molecule has 0 saturated heterocycles. The van der Waals surface area contributed by atoms with E-state index >= 15 is 0 Å². The third kappa shape index (κ3) is 3.30. The van der Waals surface area contributed by atoms with E-state index in [9.17, 15) is 13.2 Å². The van der Waals surface area contributed by atoms with Crippen LogP contribution in [-0.2, 0) is 6.18 Å². The Kier molecular flexibility index (Phi) is 4.09. The quantitative estimate of drug-likeness (QED) is 0.570. The van der Waals surface area contributed by atoms with Gasteiger partial charge in [0.2, 0.25) is 5.16 Å². The molecule has 0 aliphatic carbocycles. The van der Waals surface area contributed by atoms with Gasteiger partial charge in [-0.25, -0.2) is 14.6 Å². The normalized spacial score (nSPS) is 11.7. The fraction of sp³-hybridized carbons (Fsp3) is 0.154. The van der Waals surface area contributed by atoms with Crippen LogP contribution >= 0.6 is 11.8 Å². The first kappa shape index (κ1) is 16.2. The van der Waals surface area contributed by atoms with Crippen molar-refractivity contribution in [3.8, 4) is 11.4 Å². The second kappa shape index (κ2) is 6.07. The minimum Gasteiger partial charge on any atom is -0.336 e. The maximum Gasteiger partial charge on any atom is 0.433 e. The van der Waals surface area contributed by atoms with Crippen molar-refractivity contribution in [2.45, 2.75) is 23.3 Å². The Labute approximate surface area is 138 Å². The van der Waals surface area contributed by atoms with Crippen LogP contribution in [0.2, 0.25) is 0 Å². The molecule has 0 aromatic carbocycles. The molecule has 3 aromatic rings. The highest BCUT2D eigenvalue weighted by Gasteiger charge is 2.34. The van der Waals surface area contributed by atoms with Crippen LogP contribution in [0, 0.1) is 6.92 Å². The van der Waals surface area contributed by atoms with Crippen LogP contribution < -0.4 is 5.84 Å². The lowest BCUT2D eigenvalue weighted by molar-refractivity contribution is -0.141. The molecular weight excluding hydrogens is 343 g/mol. The SMILES string of the molecule is Cc1nnc(Sc2cc(C(F)(F)F)nc(-c3ccncc3)n2)n1N. The van der Waals surface area contributed by atoms with Gasteiger partial charge in [-0.15, -0.1) is 10.2 Å². The molecule has 0 radical (unpaired) electrons. The van der Waals surface area contributed by atoms with Gasteiger partial charge in [0.15, 0.2) is 5.82 Å². The van der Waals surface area contributed by atoms with Gasteiger partial charge in [0.25, 0.3) is 0 Å². The van der Waals surface area contributed by atoms with Gasteiger partial charge in [-0.3, -0.25) is 4.98 Å². The molecule has 0 aliphatic heterocycles. The predicted octanol–water partition coefficient (Wildman–Crippen LogP) is 2.32. The maximum absolute atomic E-state index is 13.1. The molecule has 0 spiro atoms. The van der Waals surface area contributed by atoms with Crippen molar-refractivity contribution in [2.75, 3.05) is 5.84 Å². The van der Waals surface area contributed by atoms with E-state index in [1.54, 1.807) is 6.92 Å². The summed E-state index contributed by atoms with van der Waals surface area (Å²) in [5.74, 6) is 6.09. The summed E-state index contributed by atoms with van der Waals surface area (Å²) in [6.07, 6.45) is -1.70. The first-order valence-electron chi connectivity index (χ1n) is 6.56. The van der Waals surface area contributed by atoms with Gasteiger partial charge in [-0.05, 0) is 30.8 Å².